The lowest BCUT2D eigenvalue weighted by Crippen LogP contribution is -2.68. The molecule has 1 aromatic heterocycles. The van der Waals surface area contributed by atoms with Crippen molar-refractivity contribution in [2.24, 2.45) is 17.5 Å². The molecule has 2 saturated carbocycles. The summed E-state index contributed by atoms with van der Waals surface area (Å²) in [5.41, 5.74) is 1.54. The van der Waals surface area contributed by atoms with Crippen LogP contribution in [0.25, 0.3) is 0 Å². The van der Waals surface area contributed by atoms with Crippen molar-refractivity contribution >= 4 is 5.96 Å². The van der Waals surface area contributed by atoms with Crippen LogP contribution in [0.1, 0.15) is 38.2 Å². The van der Waals surface area contributed by atoms with Crippen LogP contribution >= 0.6 is 0 Å². The van der Waals surface area contributed by atoms with E-state index in [4.69, 9.17) is 4.74 Å². The molecule has 23 heavy (non-hydrogen) atoms. The predicted octanol–water partition coefficient (Wildman–Crippen LogP) is 1.77. The van der Waals surface area contributed by atoms with E-state index in [0.29, 0.717) is 17.6 Å². The van der Waals surface area contributed by atoms with E-state index >= 15 is 0 Å². The molecule has 2 aliphatic rings. The van der Waals surface area contributed by atoms with Gasteiger partial charge in [-0.05, 0) is 26.2 Å². The third kappa shape index (κ3) is 2.96. The van der Waals surface area contributed by atoms with Crippen LogP contribution in [-0.4, -0.2) is 53.5 Å². The zero-order chi connectivity index (χ0) is 16.4. The van der Waals surface area contributed by atoms with Gasteiger partial charge < -0.3 is 15.0 Å². The van der Waals surface area contributed by atoms with Gasteiger partial charge in [0.15, 0.2) is 5.96 Å². The van der Waals surface area contributed by atoms with Gasteiger partial charge in [0, 0.05) is 57.5 Å². The monoisotopic (exact) mass is 319 g/mol. The van der Waals surface area contributed by atoms with Crippen molar-refractivity contribution in [3.63, 3.8) is 0 Å². The van der Waals surface area contributed by atoms with Crippen LogP contribution in [0.5, 0.6) is 0 Å². The molecule has 6 nitrogen and oxygen atoms in total. The van der Waals surface area contributed by atoms with Crippen LogP contribution in [0.4, 0.5) is 0 Å². The van der Waals surface area contributed by atoms with Gasteiger partial charge in [-0.3, -0.25) is 9.67 Å². The molecule has 0 saturated heterocycles. The Morgan fingerprint density at radius 1 is 1.57 bits per heavy atom. The third-order valence-electron chi connectivity index (χ3n) is 5.49. The summed E-state index contributed by atoms with van der Waals surface area (Å²) in [4.78, 5) is 6.64. The fraction of sp³-hybridized carbons (Fsp3) is 0.765. The molecular formula is C17H29N5O. The molecule has 6 heteroatoms. The summed E-state index contributed by atoms with van der Waals surface area (Å²) in [6.07, 6.45) is 9.36. The summed E-state index contributed by atoms with van der Waals surface area (Å²) in [5, 5.41) is 7.91. The Labute approximate surface area is 138 Å². The molecule has 3 rings (SSSR count). The quantitative estimate of drug-likeness (QED) is 0.664. The summed E-state index contributed by atoms with van der Waals surface area (Å²) < 4.78 is 7.77. The van der Waals surface area contributed by atoms with E-state index in [1.807, 2.05) is 31.2 Å². The molecule has 128 valence electrons. The second kappa shape index (κ2) is 6.51. The summed E-state index contributed by atoms with van der Waals surface area (Å²) in [6, 6.07) is 0.489. The Bertz CT molecular complexity index is 563. The van der Waals surface area contributed by atoms with Gasteiger partial charge in [0.2, 0.25) is 0 Å². The fourth-order valence-corrected chi connectivity index (χ4v) is 4.04. The highest BCUT2D eigenvalue weighted by atomic mass is 16.5. The SMILES string of the molecule is CCOC1CC(NC(=NC)N(C)Cc2cnn(C)c2)C12CCC2. The van der Waals surface area contributed by atoms with Crippen LogP contribution in [0.3, 0.4) is 0 Å². The van der Waals surface area contributed by atoms with Crippen LogP contribution in [0.15, 0.2) is 17.4 Å². The predicted molar refractivity (Wildman–Crippen MR) is 91.3 cm³/mol. The lowest BCUT2D eigenvalue weighted by molar-refractivity contribution is -0.168. The lowest BCUT2D eigenvalue weighted by atomic mass is 9.51. The average molecular weight is 319 g/mol. The molecule has 1 aromatic rings. The van der Waals surface area contributed by atoms with Crippen molar-refractivity contribution in [1.82, 2.24) is 20.0 Å². The molecule has 0 aliphatic heterocycles. The topological polar surface area (TPSA) is 54.7 Å². The number of nitrogens with one attached hydrogen (secondary N) is 1. The molecule has 2 unspecified atom stereocenters. The molecule has 2 atom stereocenters. The number of aromatic nitrogens is 2. The largest absolute Gasteiger partial charge is 0.378 e. The van der Waals surface area contributed by atoms with E-state index in [1.165, 1.54) is 24.8 Å². The molecule has 1 N–H and O–H groups in total. The maximum atomic E-state index is 5.94. The normalized spacial score (nSPS) is 25.8. The zero-order valence-corrected chi connectivity index (χ0v) is 14.7. The zero-order valence-electron chi connectivity index (χ0n) is 14.7. The van der Waals surface area contributed by atoms with Gasteiger partial charge in [0.05, 0.1) is 12.3 Å². The maximum absolute atomic E-state index is 5.94. The Kier molecular flexibility index (Phi) is 4.62. The molecule has 1 spiro atoms. The molecule has 0 amide bonds. The van der Waals surface area contributed by atoms with Crippen molar-refractivity contribution in [2.45, 2.75) is 51.3 Å². The van der Waals surface area contributed by atoms with Crippen LogP contribution in [0, 0.1) is 5.41 Å². The molecule has 2 fully saturated rings. The van der Waals surface area contributed by atoms with Gasteiger partial charge in [-0.15, -0.1) is 0 Å². The number of aryl methyl sites for hydroxylation is 1. The summed E-state index contributed by atoms with van der Waals surface area (Å²) >= 11 is 0. The van der Waals surface area contributed by atoms with E-state index in [0.717, 1.165) is 25.5 Å². The first-order valence-corrected chi connectivity index (χ1v) is 8.62. The fourth-order valence-electron chi connectivity index (χ4n) is 4.04. The van der Waals surface area contributed by atoms with Crippen molar-refractivity contribution in [1.29, 1.82) is 0 Å². The standard InChI is InChI=1S/C17H29N5O/c1-5-23-15-9-14(17(15)7-6-8-17)20-16(18-2)21(3)11-13-10-19-22(4)12-13/h10,12,14-15H,5-9,11H2,1-4H3,(H,18,20). The highest BCUT2D eigenvalue weighted by Crippen LogP contribution is 2.57. The third-order valence-corrected chi connectivity index (χ3v) is 5.49. The first kappa shape index (κ1) is 16.3. The van der Waals surface area contributed by atoms with Crippen LogP contribution < -0.4 is 5.32 Å². The van der Waals surface area contributed by atoms with E-state index in [1.54, 1.807) is 0 Å². The number of aliphatic imine (C=N–C) groups is 1. The average Bonchev–Trinajstić information content (AvgIpc) is 2.85. The Morgan fingerprint density at radius 3 is 2.87 bits per heavy atom. The highest BCUT2D eigenvalue weighted by molar-refractivity contribution is 5.80. The smallest absolute Gasteiger partial charge is 0.193 e. The van der Waals surface area contributed by atoms with E-state index < -0.39 is 0 Å². The van der Waals surface area contributed by atoms with Crippen molar-refractivity contribution in [3.8, 4) is 0 Å². The van der Waals surface area contributed by atoms with E-state index in [9.17, 15) is 0 Å². The Morgan fingerprint density at radius 2 is 2.35 bits per heavy atom. The molecule has 2 aliphatic carbocycles. The first-order valence-electron chi connectivity index (χ1n) is 8.62. The minimum atomic E-state index is 0.348. The number of hydrogen-bond acceptors (Lipinski definition) is 3. The Hall–Kier alpha value is -1.56. The molecule has 0 radical (unpaired) electrons. The Balaban J connectivity index is 1.59. The van der Waals surface area contributed by atoms with Gasteiger partial charge in [0.1, 0.15) is 0 Å². The van der Waals surface area contributed by atoms with Gasteiger partial charge >= 0.3 is 0 Å². The van der Waals surface area contributed by atoms with E-state index in [-0.39, 0.29) is 0 Å². The number of rotatable bonds is 5. The van der Waals surface area contributed by atoms with Crippen molar-refractivity contribution < 1.29 is 4.74 Å². The number of guanidine groups is 1. The maximum Gasteiger partial charge on any atom is 0.193 e. The minimum absolute atomic E-state index is 0.348. The minimum Gasteiger partial charge on any atom is -0.378 e. The van der Waals surface area contributed by atoms with Gasteiger partial charge in [-0.25, -0.2) is 0 Å². The number of ether oxygens (including phenoxy) is 1. The van der Waals surface area contributed by atoms with Gasteiger partial charge in [-0.1, -0.05) is 6.42 Å². The van der Waals surface area contributed by atoms with Gasteiger partial charge in [-0.2, -0.15) is 5.10 Å². The number of nitrogens with zero attached hydrogens (tertiary/aromatic N) is 4. The molecule has 0 aromatic carbocycles. The van der Waals surface area contributed by atoms with Crippen LogP contribution in [-0.2, 0) is 18.3 Å². The molecular weight excluding hydrogens is 290 g/mol. The lowest BCUT2D eigenvalue weighted by Gasteiger charge is -2.61. The summed E-state index contributed by atoms with van der Waals surface area (Å²) in [5.74, 6) is 0.958. The first-order chi connectivity index (χ1) is 11.1. The molecule has 0 bridgehead atoms. The van der Waals surface area contributed by atoms with Crippen molar-refractivity contribution in [2.75, 3.05) is 20.7 Å². The summed E-state index contributed by atoms with van der Waals surface area (Å²) in [7, 11) is 5.88. The highest BCUT2D eigenvalue weighted by Gasteiger charge is 2.59. The summed E-state index contributed by atoms with van der Waals surface area (Å²) in [6.45, 7) is 3.71. The second-order valence-electron chi connectivity index (χ2n) is 6.89. The molecule has 1 heterocycles. The van der Waals surface area contributed by atoms with E-state index in [2.05, 4.69) is 34.3 Å². The van der Waals surface area contributed by atoms with Crippen LogP contribution in [0.2, 0.25) is 0 Å². The second-order valence-corrected chi connectivity index (χ2v) is 6.89. The van der Waals surface area contributed by atoms with Crippen molar-refractivity contribution in [3.05, 3.63) is 18.0 Å². The number of hydrogen-bond donors (Lipinski definition) is 1. The van der Waals surface area contributed by atoms with Gasteiger partial charge in [0.25, 0.3) is 0 Å².